The van der Waals surface area contributed by atoms with Crippen molar-refractivity contribution in [1.82, 2.24) is 15.1 Å². The molecule has 5 nitrogen and oxygen atoms in total. The van der Waals surface area contributed by atoms with E-state index in [0.29, 0.717) is 24.0 Å². The van der Waals surface area contributed by atoms with Gasteiger partial charge in [0.25, 0.3) is 5.91 Å². The molecule has 0 aliphatic carbocycles. The third-order valence-electron chi connectivity index (χ3n) is 5.18. The van der Waals surface area contributed by atoms with Crippen molar-refractivity contribution in [2.75, 3.05) is 13.1 Å². The summed E-state index contributed by atoms with van der Waals surface area (Å²) in [5.74, 6) is -0.491. The van der Waals surface area contributed by atoms with Crippen LogP contribution >= 0.6 is 0 Å². The fourth-order valence-electron chi connectivity index (χ4n) is 3.75. The van der Waals surface area contributed by atoms with Crippen molar-refractivity contribution in [2.45, 2.75) is 24.9 Å². The molecule has 1 aromatic heterocycles. The number of carbonyl (C=O) groups is 1. The number of amides is 1. The number of benzene rings is 2. The van der Waals surface area contributed by atoms with Crippen molar-refractivity contribution in [3.8, 4) is 5.69 Å². The second-order valence-corrected chi connectivity index (χ2v) is 7.22. The first-order valence-corrected chi connectivity index (χ1v) is 8.70. The van der Waals surface area contributed by atoms with Crippen LogP contribution in [-0.2, 0) is 5.41 Å². The average molecular weight is 352 g/mol. The van der Waals surface area contributed by atoms with Crippen LogP contribution in [-0.4, -0.2) is 34.9 Å². The molecule has 0 bridgehead atoms. The van der Waals surface area contributed by atoms with Crippen molar-refractivity contribution >= 4 is 16.8 Å². The van der Waals surface area contributed by atoms with Crippen LogP contribution in [0.2, 0.25) is 0 Å². The molecule has 1 amide bonds. The Morgan fingerprint density at radius 2 is 2.08 bits per heavy atom. The van der Waals surface area contributed by atoms with E-state index in [9.17, 15) is 9.18 Å². The number of fused-ring (bicyclic) bond motifs is 1. The van der Waals surface area contributed by atoms with Crippen molar-refractivity contribution in [3.05, 3.63) is 59.8 Å². The summed E-state index contributed by atoms with van der Waals surface area (Å²) < 4.78 is 15.6. The van der Waals surface area contributed by atoms with E-state index < -0.39 is 12.1 Å². The minimum atomic E-state index is -0.822. The van der Waals surface area contributed by atoms with Crippen LogP contribution in [0.5, 0.6) is 0 Å². The molecule has 26 heavy (non-hydrogen) atoms. The molecule has 6 heteroatoms. The normalized spacial score (nSPS) is 23.2. The Labute approximate surface area is 151 Å². The number of nitrogens with one attached hydrogen (secondary N) is 1. The molecule has 1 saturated heterocycles. The summed E-state index contributed by atoms with van der Waals surface area (Å²) in [6.45, 7) is 3.28. The first kappa shape index (κ1) is 16.7. The maximum absolute atomic E-state index is 13.8. The first-order chi connectivity index (χ1) is 12.5. The van der Waals surface area contributed by atoms with Gasteiger partial charge in [0, 0.05) is 30.1 Å². The van der Waals surface area contributed by atoms with Crippen molar-refractivity contribution in [2.24, 2.45) is 5.73 Å². The summed E-state index contributed by atoms with van der Waals surface area (Å²) in [7, 11) is 0. The van der Waals surface area contributed by atoms with Gasteiger partial charge in [0.2, 0.25) is 0 Å². The van der Waals surface area contributed by atoms with E-state index in [4.69, 9.17) is 5.73 Å². The molecule has 3 aromatic rings. The van der Waals surface area contributed by atoms with E-state index in [1.807, 2.05) is 36.5 Å². The minimum Gasteiger partial charge on any atom is -0.366 e. The van der Waals surface area contributed by atoms with Crippen LogP contribution in [0.15, 0.2) is 48.7 Å². The highest BCUT2D eigenvalue weighted by Gasteiger charge is 2.33. The minimum absolute atomic E-state index is 0.218. The Bertz CT molecular complexity index is 966. The van der Waals surface area contributed by atoms with Gasteiger partial charge in [-0.25, -0.2) is 9.07 Å². The monoisotopic (exact) mass is 352 g/mol. The average Bonchev–Trinajstić information content (AvgIpc) is 3.05. The van der Waals surface area contributed by atoms with Gasteiger partial charge in [0.15, 0.2) is 0 Å². The molecule has 0 saturated carbocycles. The third-order valence-corrected chi connectivity index (χ3v) is 5.18. The molecule has 1 aliphatic heterocycles. The van der Waals surface area contributed by atoms with Gasteiger partial charge < -0.3 is 11.1 Å². The van der Waals surface area contributed by atoms with Gasteiger partial charge >= 0.3 is 0 Å². The van der Waals surface area contributed by atoms with E-state index in [-0.39, 0.29) is 5.41 Å². The van der Waals surface area contributed by atoms with E-state index in [2.05, 4.69) is 17.3 Å². The molecule has 3 N–H and O–H groups in total. The maximum atomic E-state index is 13.8. The molecular formula is C20H21FN4O. The zero-order valence-electron chi connectivity index (χ0n) is 14.6. The summed E-state index contributed by atoms with van der Waals surface area (Å²) in [5.41, 5.74) is 8.20. The van der Waals surface area contributed by atoms with Gasteiger partial charge in [-0.15, -0.1) is 0 Å². The Morgan fingerprint density at radius 1 is 1.31 bits per heavy atom. The Morgan fingerprint density at radius 3 is 2.77 bits per heavy atom. The van der Waals surface area contributed by atoms with Crippen LogP contribution in [0.25, 0.3) is 16.6 Å². The van der Waals surface area contributed by atoms with Crippen LogP contribution < -0.4 is 11.1 Å². The van der Waals surface area contributed by atoms with Crippen LogP contribution in [0.4, 0.5) is 4.39 Å². The Kier molecular flexibility index (Phi) is 4.00. The van der Waals surface area contributed by atoms with E-state index in [0.717, 1.165) is 23.2 Å². The zero-order chi connectivity index (χ0) is 18.3. The number of carbonyl (C=O) groups excluding carboxylic acids is 1. The summed E-state index contributed by atoms with van der Waals surface area (Å²) in [6.07, 6.45) is 1.57. The number of rotatable bonds is 3. The number of hydrogen-bond donors (Lipinski definition) is 2. The lowest BCUT2D eigenvalue weighted by molar-refractivity contribution is 0.100. The first-order valence-electron chi connectivity index (χ1n) is 8.70. The van der Waals surface area contributed by atoms with Crippen molar-refractivity contribution in [3.63, 3.8) is 0 Å². The molecule has 0 radical (unpaired) electrons. The van der Waals surface area contributed by atoms with Gasteiger partial charge in [-0.2, -0.15) is 5.10 Å². The smallest absolute Gasteiger partial charge is 0.250 e. The van der Waals surface area contributed by atoms with E-state index >= 15 is 0 Å². The lowest BCUT2D eigenvalue weighted by Crippen LogP contribution is -2.46. The number of halogens is 1. The van der Waals surface area contributed by atoms with Gasteiger partial charge in [-0.3, -0.25) is 4.79 Å². The van der Waals surface area contributed by atoms with Crippen LogP contribution in [0.3, 0.4) is 0 Å². The second kappa shape index (κ2) is 6.21. The fourth-order valence-corrected chi connectivity index (χ4v) is 3.75. The van der Waals surface area contributed by atoms with Crippen molar-refractivity contribution < 1.29 is 9.18 Å². The zero-order valence-corrected chi connectivity index (χ0v) is 14.6. The molecule has 134 valence electrons. The summed E-state index contributed by atoms with van der Waals surface area (Å²) in [6, 6.07) is 13.4. The molecule has 2 heterocycles. The molecule has 4 rings (SSSR count). The molecular weight excluding hydrogens is 331 g/mol. The number of aromatic nitrogens is 2. The third kappa shape index (κ3) is 2.86. The summed E-state index contributed by atoms with van der Waals surface area (Å²) in [5, 5.41) is 8.54. The Balaban J connectivity index is 1.68. The number of hydrogen-bond acceptors (Lipinski definition) is 3. The number of alkyl halides is 1. The molecule has 2 aromatic carbocycles. The van der Waals surface area contributed by atoms with Gasteiger partial charge in [-0.05, 0) is 30.2 Å². The lowest BCUT2D eigenvalue weighted by atomic mass is 9.76. The van der Waals surface area contributed by atoms with Gasteiger partial charge in [0.1, 0.15) is 11.7 Å². The maximum Gasteiger partial charge on any atom is 0.250 e. The number of nitrogens with two attached hydrogens (primary N) is 1. The number of primary amides is 1. The SMILES string of the molecule is C[C@]1(c2ccc(-n3cc4cccc(C(N)=O)c4n3)cc2)CNC[C@@H](F)C1. The lowest BCUT2D eigenvalue weighted by Gasteiger charge is -2.36. The molecule has 0 spiro atoms. The largest absolute Gasteiger partial charge is 0.366 e. The molecule has 1 aliphatic rings. The summed E-state index contributed by atoms with van der Waals surface area (Å²) >= 11 is 0. The second-order valence-electron chi connectivity index (χ2n) is 7.22. The highest BCUT2D eigenvalue weighted by Crippen LogP contribution is 2.32. The summed E-state index contributed by atoms with van der Waals surface area (Å²) in [4.78, 5) is 11.6. The number of nitrogens with zero attached hydrogens (tertiary/aromatic N) is 2. The molecule has 1 fully saturated rings. The fraction of sp³-hybridized carbons (Fsp3) is 0.300. The standard InChI is InChI=1S/C20H21FN4O/c1-20(9-15(21)10-23-12-20)14-5-7-16(8-6-14)25-11-13-3-2-4-17(19(22)26)18(13)24-25/h2-8,11,15,23H,9-10,12H2,1H3,(H2,22,26)/t15-,20+/m0/s1. The quantitative estimate of drug-likeness (QED) is 0.761. The van der Waals surface area contributed by atoms with Gasteiger partial charge in [0.05, 0.1) is 11.3 Å². The highest BCUT2D eigenvalue weighted by molar-refractivity contribution is 6.04. The Hall–Kier alpha value is -2.73. The highest BCUT2D eigenvalue weighted by atomic mass is 19.1. The predicted octanol–water partition coefficient (Wildman–Crippen LogP) is 2.71. The van der Waals surface area contributed by atoms with Crippen LogP contribution in [0.1, 0.15) is 29.3 Å². The van der Waals surface area contributed by atoms with E-state index in [1.165, 1.54) is 0 Å². The van der Waals surface area contributed by atoms with Crippen molar-refractivity contribution in [1.29, 1.82) is 0 Å². The molecule has 0 unspecified atom stereocenters. The predicted molar refractivity (Wildman–Crippen MR) is 99.3 cm³/mol. The van der Waals surface area contributed by atoms with E-state index in [1.54, 1.807) is 16.8 Å². The number of piperidine rings is 1. The molecule has 2 atom stereocenters. The van der Waals surface area contributed by atoms with Gasteiger partial charge in [-0.1, -0.05) is 31.2 Å². The van der Waals surface area contributed by atoms with Crippen LogP contribution in [0, 0.1) is 0 Å². The topological polar surface area (TPSA) is 72.9 Å².